The molecule has 3 saturated carbocycles. The van der Waals surface area contributed by atoms with E-state index in [1.165, 1.54) is 19.4 Å². The zero-order valence-electron chi connectivity index (χ0n) is 46.8. The number of hydrogen-bond acceptors (Lipinski definition) is 24. The van der Waals surface area contributed by atoms with Gasteiger partial charge < -0.3 is 120 Å². The number of hydrogen-bond donors (Lipinski definition) is 16. The second kappa shape index (κ2) is 24.3. The summed E-state index contributed by atoms with van der Waals surface area (Å²) in [6, 6.07) is 0. The van der Waals surface area contributed by atoms with Crippen LogP contribution in [0, 0.1) is 45.3 Å². The number of rotatable bonds is 18. The average Bonchev–Trinajstić information content (AvgIpc) is 2.58. The minimum atomic E-state index is -2.02. The Labute approximate surface area is 461 Å². The largest absolute Gasteiger partial charge is 0.394 e. The van der Waals surface area contributed by atoms with Gasteiger partial charge in [-0.05, 0) is 106 Å². The lowest BCUT2D eigenvalue weighted by Gasteiger charge is -2.68. The molecule has 0 aromatic rings. The van der Waals surface area contributed by atoms with E-state index in [0.717, 1.165) is 25.7 Å². The summed E-state index contributed by atoms with van der Waals surface area (Å²) in [6.45, 7) is 13.3. The Hall–Kier alpha value is -1.22. The van der Waals surface area contributed by atoms with Crippen molar-refractivity contribution in [3.8, 4) is 0 Å². The standard InChI is InChI=1S/C55H94O24/c1-9-55-17-16-24(53(55,7)18-32(60)54(8)26-12-15-33(51(3,4)25(26)11-13-31(54)55)76-47-42(68)39(65)35(61)27(19-56)72-47)23(2)10-14-34(52(5,6)71)77-50-46(41(67)37(63)29(21-58)75-50)79-49-44(70)45(38(64)30(22-59)74-49)78-48-43(69)40(66)36(62)28(20-57)73-48/h11,23-24,26-50,56-71H,9-10,12-22H2,1-8H3/t23-,24?,26?,27-,28+,29-,30+,31?,32-,33+,34-,35-,36+,37-,38+,39+,40-,41+,42-,43+,44+,45-,46-,47+,48-,49-,50+,53-,54+,55+/m1/s1. The van der Waals surface area contributed by atoms with Gasteiger partial charge >= 0.3 is 0 Å². The topological polar surface area (TPSA) is 398 Å². The van der Waals surface area contributed by atoms with Gasteiger partial charge in [0.05, 0.1) is 50.3 Å². The molecule has 8 aliphatic rings. The first kappa shape index (κ1) is 63.8. The van der Waals surface area contributed by atoms with Gasteiger partial charge in [-0.15, -0.1) is 0 Å². The molecule has 0 aromatic carbocycles. The lowest BCUT2D eigenvalue weighted by Crippen LogP contribution is -2.67. The van der Waals surface area contributed by atoms with Crippen molar-refractivity contribution in [2.45, 2.75) is 260 Å². The second-order valence-corrected chi connectivity index (χ2v) is 25.9. The van der Waals surface area contributed by atoms with E-state index in [1.807, 2.05) is 0 Å². The fraction of sp³-hybridized carbons (Fsp3) is 0.964. The molecule has 79 heavy (non-hydrogen) atoms. The predicted molar refractivity (Wildman–Crippen MR) is 272 cm³/mol. The molecule has 24 nitrogen and oxygen atoms in total. The van der Waals surface area contributed by atoms with E-state index in [-0.39, 0.29) is 40.9 Å². The van der Waals surface area contributed by atoms with Crippen LogP contribution in [0.25, 0.3) is 0 Å². The zero-order valence-corrected chi connectivity index (χ0v) is 46.8. The van der Waals surface area contributed by atoms with Crippen molar-refractivity contribution in [2.24, 2.45) is 45.3 Å². The highest BCUT2D eigenvalue weighted by Crippen LogP contribution is 2.76. The van der Waals surface area contributed by atoms with Crippen molar-refractivity contribution in [3.05, 3.63) is 11.6 Å². The zero-order chi connectivity index (χ0) is 58.2. The number of aliphatic hydroxyl groups is 16. The van der Waals surface area contributed by atoms with E-state index in [9.17, 15) is 81.7 Å². The molecular formula is C55H94O24. The van der Waals surface area contributed by atoms with Crippen LogP contribution in [0.1, 0.15) is 113 Å². The number of aliphatic hydroxyl groups excluding tert-OH is 15. The van der Waals surface area contributed by atoms with Gasteiger partial charge in [-0.2, -0.15) is 0 Å². The van der Waals surface area contributed by atoms with E-state index >= 15 is 0 Å². The normalized spacial score (nSPS) is 50.9. The minimum absolute atomic E-state index is 0.0156. The van der Waals surface area contributed by atoms with Gasteiger partial charge in [0.1, 0.15) is 97.7 Å². The molecule has 4 aliphatic heterocycles. The van der Waals surface area contributed by atoms with Crippen molar-refractivity contribution in [2.75, 3.05) is 26.4 Å². The van der Waals surface area contributed by atoms with Gasteiger partial charge in [0, 0.05) is 10.8 Å². The summed E-state index contributed by atoms with van der Waals surface area (Å²) in [4.78, 5) is 0. The van der Waals surface area contributed by atoms with Crippen molar-refractivity contribution >= 4 is 0 Å². The predicted octanol–water partition coefficient (Wildman–Crippen LogP) is -2.84. The quantitative estimate of drug-likeness (QED) is 0.0615. The van der Waals surface area contributed by atoms with Gasteiger partial charge in [-0.25, -0.2) is 0 Å². The number of fused-ring (bicyclic) bond motifs is 5. The summed E-state index contributed by atoms with van der Waals surface area (Å²) in [7, 11) is 0. The van der Waals surface area contributed by atoms with Crippen LogP contribution in [0.15, 0.2) is 11.6 Å². The molecule has 4 saturated heterocycles. The van der Waals surface area contributed by atoms with E-state index in [1.54, 1.807) is 0 Å². The maximum Gasteiger partial charge on any atom is 0.187 e. The summed E-state index contributed by atoms with van der Waals surface area (Å²) < 4.78 is 47.8. The van der Waals surface area contributed by atoms with Crippen LogP contribution in [-0.4, -0.2) is 255 Å². The molecule has 4 aliphatic carbocycles. The van der Waals surface area contributed by atoms with Gasteiger partial charge in [0.15, 0.2) is 25.2 Å². The summed E-state index contributed by atoms with van der Waals surface area (Å²) in [5.41, 5.74) is -1.94. The summed E-state index contributed by atoms with van der Waals surface area (Å²) in [5, 5.41) is 173. The van der Waals surface area contributed by atoms with Gasteiger partial charge in [-0.1, -0.05) is 53.2 Å². The highest BCUT2D eigenvalue weighted by molar-refractivity contribution is 5.32. The van der Waals surface area contributed by atoms with Crippen molar-refractivity contribution in [1.82, 2.24) is 0 Å². The molecule has 8 rings (SSSR count). The number of ether oxygens (including phenoxy) is 8. The van der Waals surface area contributed by atoms with Crippen LogP contribution in [0.5, 0.6) is 0 Å². The van der Waals surface area contributed by atoms with Crippen molar-refractivity contribution in [3.63, 3.8) is 0 Å². The van der Waals surface area contributed by atoms with Crippen molar-refractivity contribution in [1.29, 1.82) is 0 Å². The van der Waals surface area contributed by atoms with E-state index in [2.05, 4.69) is 47.6 Å². The van der Waals surface area contributed by atoms with Gasteiger partial charge in [0.25, 0.3) is 0 Å². The molecule has 0 aromatic heterocycles. The molecule has 4 heterocycles. The van der Waals surface area contributed by atoms with Crippen LogP contribution >= 0.6 is 0 Å². The highest BCUT2D eigenvalue weighted by Gasteiger charge is 2.71. The first-order valence-electron chi connectivity index (χ1n) is 28.6. The Bertz CT molecular complexity index is 2040. The highest BCUT2D eigenvalue weighted by atomic mass is 16.8. The molecule has 458 valence electrons. The number of allylic oxidation sites excluding steroid dienone is 1. The average molecular weight is 1140 g/mol. The molecule has 0 amide bonds. The third kappa shape index (κ3) is 11.1. The Kier molecular flexibility index (Phi) is 19.6. The Balaban J connectivity index is 0.978. The Morgan fingerprint density at radius 2 is 1.09 bits per heavy atom. The molecule has 0 bridgehead atoms. The SMILES string of the molecule is CC[C@@]12CCC([C@H](C)CC[C@@H](O[C@@H]3O[C@H](CO)[C@@H](O)[C@H](O)[C@H]3O[C@H]3O[C@@H](CO)[C@H](O)[C@@H](O[C@H]4O[C@@H](CO)[C@H](O)[C@@H](O)[C@@H]4O)[C@@H]3O)C(C)(C)O)[C@@]1(C)C[C@@H](O)[C@@]1(C)C3CC[C@H](O[C@@H]4O[C@H](CO)[C@@H](O)[C@H](O)[C@H]4O)C(C)(C)C3=CCC12. The van der Waals surface area contributed by atoms with Gasteiger partial charge in [-0.3, -0.25) is 0 Å². The summed E-state index contributed by atoms with van der Waals surface area (Å²) in [6.07, 6.45) is -27.1. The molecule has 0 radical (unpaired) electrons. The van der Waals surface area contributed by atoms with Crippen LogP contribution in [0.2, 0.25) is 0 Å². The maximum atomic E-state index is 12.8. The molecule has 24 heteroatoms. The maximum absolute atomic E-state index is 12.8. The molecule has 3 unspecified atom stereocenters. The van der Waals surface area contributed by atoms with Gasteiger partial charge in [0.2, 0.25) is 0 Å². The van der Waals surface area contributed by atoms with Crippen LogP contribution < -0.4 is 0 Å². The first-order valence-corrected chi connectivity index (χ1v) is 28.6. The minimum Gasteiger partial charge on any atom is -0.394 e. The van der Waals surface area contributed by atoms with E-state index in [4.69, 9.17) is 37.9 Å². The lowest BCUT2D eigenvalue weighted by molar-refractivity contribution is -0.390. The fourth-order valence-corrected chi connectivity index (χ4v) is 16.3. The third-order valence-electron chi connectivity index (χ3n) is 21.1. The molecule has 30 atom stereocenters. The Morgan fingerprint density at radius 1 is 0.595 bits per heavy atom. The van der Waals surface area contributed by atoms with E-state index in [0.29, 0.717) is 25.7 Å². The second-order valence-electron chi connectivity index (χ2n) is 25.9. The smallest absolute Gasteiger partial charge is 0.187 e. The summed E-state index contributed by atoms with van der Waals surface area (Å²) in [5.74, 6) is 0.294. The third-order valence-corrected chi connectivity index (χ3v) is 21.1. The van der Waals surface area contributed by atoms with Crippen molar-refractivity contribution < 1.29 is 120 Å². The van der Waals surface area contributed by atoms with Crippen LogP contribution in [0.4, 0.5) is 0 Å². The molecule has 7 fully saturated rings. The Morgan fingerprint density at radius 3 is 1.62 bits per heavy atom. The van der Waals surface area contributed by atoms with Crippen LogP contribution in [-0.2, 0) is 37.9 Å². The first-order chi connectivity index (χ1) is 37.0. The summed E-state index contributed by atoms with van der Waals surface area (Å²) >= 11 is 0. The molecule has 0 spiro atoms. The molecule has 16 N–H and O–H groups in total. The van der Waals surface area contributed by atoms with Crippen LogP contribution in [0.3, 0.4) is 0 Å². The molecular weight excluding hydrogens is 1040 g/mol. The monoisotopic (exact) mass is 1140 g/mol. The lowest BCUT2D eigenvalue weighted by atomic mass is 9.37. The van der Waals surface area contributed by atoms with E-state index < -0.39 is 184 Å². The fourth-order valence-electron chi connectivity index (χ4n) is 16.3.